The maximum atomic E-state index is 6.78. The lowest BCUT2D eigenvalue weighted by atomic mass is 9.82. The third-order valence-corrected chi connectivity index (χ3v) is 15.3. The van der Waals surface area contributed by atoms with Crippen molar-refractivity contribution in [3.8, 4) is 67.5 Å². The standard InChI is InChI=1S/C67H44N4O/c1-67(2)56-27-14-12-25-48(56)50-36-53-51-34-43(29-31-61(51)70(62(53)38-57(50)67)46-22-10-5-11-23-46)44-30-32-64-54(35-44)55-37-52-49-26-13-15-28-60(49)71(63(52)40-65(55)72-64)47-24-16-21-45(33-47)59-39-58(41-17-6-3-7-18-41)68-66(69-59)42-19-8-4-9-20-42/h3-40H,1-2H3. The molecule has 0 radical (unpaired) electrons. The number of rotatable bonds is 6. The van der Waals surface area contributed by atoms with Gasteiger partial charge in [-0.15, -0.1) is 0 Å². The second-order valence-electron chi connectivity index (χ2n) is 19.8. The summed E-state index contributed by atoms with van der Waals surface area (Å²) in [6.45, 7) is 4.72. The van der Waals surface area contributed by atoms with E-state index in [4.69, 9.17) is 14.4 Å². The molecule has 0 bridgehead atoms. The highest BCUT2D eigenvalue weighted by atomic mass is 16.3. The fourth-order valence-electron chi connectivity index (χ4n) is 11.8. The first-order valence-corrected chi connectivity index (χ1v) is 24.7. The van der Waals surface area contributed by atoms with Crippen LogP contribution in [0.3, 0.4) is 0 Å². The van der Waals surface area contributed by atoms with E-state index in [2.05, 4.69) is 229 Å². The van der Waals surface area contributed by atoms with E-state index in [1.54, 1.807) is 0 Å². The zero-order chi connectivity index (χ0) is 47.7. The Bertz CT molecular complexity index is 4460. The highest BCUT2D eigenvalue weighted by Gasteiger charge is 2.36. The number of benzene rings is 10. The van der Waals surface area contributed by atoms with Gasteiger partial charge in [0.05, 0.1) is 33.5 Å². The second kappa shape index (κ2) is 15.3. The number of aromatic nitrogens is 4. The first-order valence-electron chi connectivity index (χ1n) is 24.7. The molecule has 1 aliphatic rings. The van der Waals surface area contributed by atoms with Gasteiger partial charge in [0, 0.05) is 71.9 Å². The van der Waals surface area contributed by atoms with Gasteiger partial charge < -0.3 is 13.6 Å². The van der Waals surface area contributed by atoms with E-state index >= 15 is 0 Å². The number of fused-ring (bicyclic) bond motifs is 12. The highest BCUT2D eigenvalue weighted by Crippen LogP contribution is 2.51. The molecular formula is C67H44N4O. The molecular weight excluding hydrogens is 877 g/mol. The molecule has 10 aromatic carbocycles. The lowest BCUT2D eigenvalue weighted by Crippen LogP contribution is -2.14. The molecule has 4 aromatic heterocycles. The Kier molecular flexibility index (Phi) is 8.64. The Morgan fingerprint density at radius 2 is 0.917 bits per heavy atom. The SMILES string of the molecule is CC1(C)c2ccccc2-c2cc3c4cc(-c5ccc6oc7cc8c(cc7c6c5)c5ccccc5n8-c5cccc(-c6cc(-c7ccccc7)nc(-c7ccccc7)n6)c5)ccc4n(-c4ccccc4)c3cc21. The van der Waals surface area contributed by atoms with Gasteiger partial charge in [0.15, 0.2) is 5.82 Å². The van der Waals surface area contributed by atoms with Crippen LogP contribution in [0, 0.1) is 0 Å². The molecule has 0 amide bonds. The van der Waals surface area contributed by atoms with Crippen molar-refractivity contribution in [3.05, 3.63) is 242 Å². The first kappa shape index (κ1) is 40.6. The molecule has 1 aliphatic carbocycles. The molecule has 15 rings (SSSR count). The van der Waals surface area contributed by atoms with Crippen molar-refractivity contribution in [2.75, 3.05) is 0 Å². The van der Waals surface area contributed by atoms with E-state index in [9.17, 15) is 0 Å². The average Bonchev–Trinajstić information content (AvgIpc) is 4.14. The van der Waals surface area contributed by atoms with Crippen molar-refractivity contribution < 1.29 is 4.42 Å². The van der Waals surface area contributed by atoms with Crippen LogP contribution in [0.15, 0.2) is 235 Å². The molecule has 5 nitrogen and oxygen atoms in total. The number of hydrogen-bond acceptors (Lipinski definition) is 3. The summed E-state index contributed by atoms with van der Waals surface area (Å²) in [4.78, 5) is 10.2. The second-order valence-corrected chi connectivity index (χ2v) is 19.8. The smallest absolute Gasteiger partial charge is 0.160 e. The molecule has 0 fully saturated rings. The summed E-state index contributed by atoms with van der Waals surface area (Å²) >= 11 is 0. The van der Waals surface area contributed by atoms with Gasteiger partial charge in [-0.1, -0.05) is 159 Å². The van der Waals surface area contributed by atoms with Crippen molar-refractivity contribution in [1.82, 2.24) is 19.1 Å². The van der Waals surface area contributed by atoms with Crippen LogP contribution in [0.2, 0.25) is 0 Å². The van der Waals surface area contributed by atoms with Crippen LogP contribution in [0.25, 0.3) is 133 Å². The molecule has 0 spiro atoms. The summed E-state index contributed by atoms with van der Waals surface area (Å²) in [5.41, 5.74) is 20.9. The molecule has 5 heteroatoms. The van der Waals surface area contributed by atoms with E-state index in [-0.39, 0.29) is 5.41 Å². The third kappa shape index (κ3) is 6.07. The van der Waals surface area contributed by atoms with Crippen LogP contribution >= 0.6 is 0 Å². The average molecular weight is 921 g/mol. The van der Waals surface area contributed by atoms with Gasteiger partial charge in [-0.25, -0.2) is 9.97 Å². The largest absolute Gasteiger partial charge is 0.456 e. The summed E-state index contributed by atoms with van der Waals surface area (Å²) in [6, 6.07) is 82.9. The molecule has 0 saturated carbocycles. The molecule has 0 aliphatic heterocycles. The van der Waals surface area contributed by atoms with Crippen LogP contribution < -0.4 is 0 Å². The van der Waals surface area contributed by atoms with Crippen LogP contribution in [0.4, 0.5) is 0 Å². The monoisotopic (exact) mass is 920 g/mol. The van der Waals surface area contributed by atoms with Crippen molar-refractivity contribution in [2.24, 2.45) is 0 Å². The topological polar surface area (TPSA) is 48.8 Å². The van der Waals surface area contributed by atoms with Gasteiger partial charge in [-0.2, -0.15) is 0 Å². The molecule has 0 N–H and O–H groups in total. The molecule has 14 aromatic rings. The maximum absolute atomic E-state index is 6.78. The van der Waals surface area contributed by atoms with E-state index in [0.717, 1.165) is 78.0 Å². The van der Waals surface area contributed by atoms with Crippen molar-refractivity contribution in [1.29, 1.82) is 0 Å². The fraction of sp³-hybridized carbons (Fsp3) is 0.0448. The quantitative estimate of drug-likeness (QED) is 0.167. The summed E-state index contributed by atoms with van der Waals surface area (Å²) in [7, 11) is 0. The predicted octanol–water partition coefficient (Wildman–Crippen LogP) is 17.5. The Hall–Kier alpha value is -9.32. The van der Waals surface area contributed by atoms with E-state index in [1.165, 1.54) is 60.4 Å². The van der Waals surface area contributed by atoms with E-state index in [0.29, 0.717) is 5.82 Å². The van der Waals surface area contributed by atoms with Gasteiger partial charge in [0.25, 0.3) is 0 Å². The maximum Gasteiger partial charge on any atom is 0.160 e. The first-order chi connectivity index (χ1) is 35.4. The Balaban J connectivity index is 0.872. The molecule has 0 unspecified atom stereocenters. The zero-order valence-electron chi connectivity index (χ0n) is 39.6. The molecule has 0 atom stereocenters. The van der Waals surface area contributed by atoms with Crippen molar-refractivity contribution in [2.45, 2.75) is 19.3 Å². The minimum Gasteiger partial charge on any atom is -0.456 e. The number of furan rings is 1. The van der Waals surface area contributed by atoms with Gasteiger partial charge in [0.1, 0.15) is 11.2 Å². The van der Waals surface area contributed by atoms with Gasteiger partial charge in [-0.3, -0.25) is 0 Å². The summed E-state index contributed by atoms with van der Waals surface area (Å²) in [5.74, 6) is 0.694. The molecule has 72 heavy (non-hydrogen) atoms. The zero-order valence-corrected chi connectivity index (χ0v) is 39.6. The van der Waals surface area contributed by atoms with Crippen LogP contribution in [0.5, 0.6) is 0 Å². The molecule has 4 heterocycles. The lowest BCUT2D eigenvalue weighted by molar-refractivity contribution is 0.661. The third-order valence-electron chi connectivity index (χ3n) is 15.3. The minimum atomic E-state index is -0.1000. The van der Waals surface area contributed by atoms with Gasteiger partial charge in [0.2, 0.25) is 0 Å². The lowest BCUT2D eigenvalue weighted by Gasteiger charge is -2.21. The van der Waals surface area contributed by atoms with Crippen LogP contribution in [0.1, 0.15) is 25.0 Å². The van der Waals surface area contributed by atoms with E-state index in [1.807, 2.05) is 24.3 Å². The van der Waals surface area contributed by atoms with E-state index < -0.39 is 0 Å². The number of hydrogen-bond donors (Lipinski definition) is 0. The molecule has 338 valence electrons. The summed E-state index contributed by atoms with van der Waals surface area (Å²) in [6.07, 6.45) is 0. The number of nitrogens with zero attached hydrogens (tertiary/aromatic N) is 4. The summed E-state index contributed by atoms with van der Waals surface area (Å²) < 4.78 is 11.6. The normalized spacial score (nSPS) is 13.0. The van der Waals surface area contributed by atoms with Crippen molar-refractivity contribution >= 4 is 65.6 Å². The van der Waals surface area contributed by atoms with Gasteiger partial charge >= 0.3 is 0 Å². The van der Waals surface area contributed by atoms with Crippen LogP contribution in [-0.4, -0.2) is 19.1 Å². The fourth-order valence-corrected chi connectivity index (χ4v) is 11.8. The Morgan fingerprint density at radius 3 is 1.74 bits per heavy atom. The number of para-hydroxylation sites is 2. The Morgan fingerprint density at radius 1 is 0.333 bits per heavy atom. The van der Waals surface area contributed by atoms with Crippen molar-refractivity contribution in [3.63, 3.8) is 0 Å². The Labute approximate surface area is 415 Å². The highest BCUT2D eigenvalue weighted by molar-refractivity contribution is 6.18. The minimum absolute atomic E-state index is 0.1000. The predicted molar refractivity (Wildman–Crippen MR) is 297 cm³/mol. The summed E-state index contributed by atoms with van der Waals surface area (Å²) in [5, 5.41) is 7.04. The molecule has 0 saturated heterocycles. The van der Waals surface area contributed by atoms with Gasteiger partial charge in [-0.05, 0) is 112 Å². The van der Waals surface area contributed by atoms with Crippen LogP contribution in [-0.2, 0) is 5.41 Å².